The number of sulfonamides is 1. The summed E-state index contributed by atoms with van der Waals surface area (Å²) in [5.41, 5.74) is 1.70. The molecule has 0 bridgehead atoms. The number of carbonyl (C=O) groups excluding carboxylic acids is 1. The number of allylic oxidation sites excluding steroid dienone is 2. The lowest BCUT2D eigenvalue weighted by Gasteiger charge is -2.20. The number of hydrogen-bond donors (Lipinski definition) is 3. The van der Waals surface area contributed by atoms with Crippen LogP contribution in [0.4, 0.5) is 5.69 Å². The maximum absolute atomic E-state index is 12.7. The summed E-state index contributed by atoms with van der Waals surface area (Å²) in [4.78, 5) is 13.2. The standard InChI is InChI=1S/C17H14N4O3S3/c22-17(19-13-7-4-9-21-15(13)11-18-26-21)16-14(8-10-25-16)20-27(23,24)12-5-2-1-3-6-12/h1-11,18,20H,(H,19,22). The Morgan fingerprint density at radius 3 is 2.78 bits per heavy atom. The smallest absolute Gasteiger partial charge is 0.267 e. The number of amides is 1. The number of nitrogens with one attached hydrogen (secondary N) is 3. The van der Waals surface area contributed by atoms with Crippen molar-refractivity contribution >= 4 is 45.1 Å². The fourth-order valence-electron chi connectivity index (χ4n) is 2.52. The molecular weight excluding hydrogens is 404 g/mol. The van der Waals surface area contributed by atoms with Crippen LogP contribution in [0.25, 0.3) is 0 Å². The van der Waals surface area contributed by atoms with Crippen molar-refractivity contribution in [1.29, 1.82) is 0 Å². The summed E-state index contributed by atoms with van der Waals surface area (Å²) >= 11 is 2.56. The van der Waals surface area contributed by atoms with Crippen LogP contribution in [0.15, 0.2) is 82.6 Å². The third-order valence-electron chi connectivity index (χ3n) is 3.76. The molecule has 4 rings (SSSR count). The predicted molar refractivity (Wildman–Crippen MR) is 107 cm³/mol. The maximum atomic E-state index is 12.7. The van der Waals surface area contributed by atoms with Crippen molar-refractivity contribution in [2.45, 2.75) is 4.90 Å². The Balaban J connectivity index is 1.55. The summed E-state index contributed by atoms with van der Waals surface area (Å²) in [6, 6.07) is 9.60. The van der Waals surface area contributed by atoms with Gasteiger partial charge in [0.05, 0.1) is 34.1 Å². The van der Waals surface area contributed by atoms with Crippen LogP contribution in [-0.2, 0) is 10.0 Å². The molecule has 27 heavy (non-hydrogen) atoms. The van der Waals surface area contributed by atoms with Crippen molar-refractivity contribution in [1.82, 2.24) is 14.3 Å². The molecule has 3 heterocycles. The fraction of sp³-hybridized carbons (Fsp3) is 0. The van der Waals surface area contributed by atoms with Crippen molar-refractivity contribution in [2.24, 2.45) is 0 Å². The summed E-state index contributed by atoms with van der Waals surface area (Å²) in [6.07, 6.45) is 7.26. The minimum absolute atomic E-state index is 0.137. The number of rotatable bonds is 5. The van der Waals surface area contributed by atoms with Gasteiger partial charge in [0.15, 0.2) is 0 Å². The van der Waals surface area contributed by atoms with Crippen LogP contribution in [0, 0.1) is 0 Å². The minimum atomic E-state index is -3.77. The number of thiophene rings is 1. The molecule has 0 atom stereocenters. The van der Waals surface area contributed by atoms with Gasteiger partial charge < -0.3 is 10.0 Å². The molecule has 0 unspecified atom stereocenters. The zero-order chi connectivity index (χ0) is 18.9. The molecule has 0 saturated carbocycles. The van der Waals surface area contributed by atoms with Gasteiger partial charge in [0.1, 0.15) is 4.88 Å². The average molecular weight is 419 g/mol. The lowest BCUT2D eigenvalue weighted by molar-refractivity contribution is 0.0970. The van der Waals surface area contributed by atoms with E-state index in [0.717, 1.165) is 5.70 Å². The van der Waals surface area contributed by atoms with Crippen molar-refractivity contribution in [3.05, 3.63) is 82.6 Å². The van der Waals surface area contributed by atoms with Gasteiger partial charge in [-0.2, -0.15) is 0 Å². The molecule has 0 fully saturated rings. The van der Waals surface area contributed by atoms with E-state index in [1.165, 1.54) is 35.6 Å². The first kappa shape index (κ1) is 17.7. The van der Waals surface area contributed by atoms with Gasteiger partial charge >= 0.3 is 0 Å². The van der Waals surface area contributed by atoms with E-state index >= 15 is 0 Å². The number of anilines is 1. The van der Waals surface area contributed by atoms with Gasteiger partial charge in [-0.3, -0.25) is 13.8 Å². The number of fused-ring (bicyclic) bond motifs is 1. The Kier molecular flexibility index (Phi) is 4.68. The highest BCUT2D eigenvalue weighted by Crippen LogP contribution is 2.30. The van der Waals surface area contributed by atoms with Gasteiger partial charge in [0.25, 0.3) is 15.9 Å². The van der Waals surface area contributed by atoms with Crippen LogP contribution >= 0.6 is 23.5 Å². The van der Waals surface area contributed by atoms with Crippen LogP contribution in [-0.4, -0.2) is 18.6 Å². The van der Waals surface area contributed by atoms with E-state index in [9.17, 15) is 13.2 Å². The van der Waals surface area contributed by atoms with Gasteiger partial charge in [0.2, 0.25) is 0 Å². The molecule has 0 saturated heterocycles. The Bertz CT molecular complexity index is 1070. The zero-order valence-corrected chi connectivity index (χ0v) is 16.2. The SMILES string of the molecule is O=C(NC1=CC=CN2SNC=C12)c1sccc1NS(=O)(=O)c1ccccc1. The van der Waals surface area contributed by atoms with E-state index in [4.69, 9.17) is 0 Å². The highest BCUT2D eigenvalue weighted by atomic mass is 32.2. The van der Waals surface area contributed by atoms with E-state index in [1.54, 1.807) is 41.9 Å². The molecule has 0 spiro atoms. The first-order valence-electron chi connectivity index (χ1n) is 7.82. The zero-order valence-electron chi connectivity index (χ0n) is 13.7. The number of hydrogen-bond acceptors (Lipinski definition) is 7. The van der Waals surface area contributed by atoms with Crippen molar-refractivity contribution < 1.29 is 13.2 Å². The highest BCUT2D eigenvalue weighted by molar-refractivity contribution is 7.95. The third kappa shape index (κ3) is 3.59. The van der Waals surface area contributed by atoms with Gasteiger partial charge in [-0.05, 0) is 35.7 Å². The molecule has 1 aromatic carbocycles. The first-order valence-corrected chi connectivity index (χ1v) is 11.0. The van der Waals surface area contributed by atoms with Crippen molar-refractivity contribution in [3.63, 3.8) is 0 Å². The second kappa shape index (κ2) is 7.14. The van der Waals surface area contributed by atoms with Gasteiger partial charge in [-0.15, -0.1) is 11.3 Å². The van der Waals surface area contributed by atoms with Crippen LogP contribution < -0.4 is 14.8 Å². The molecule has 3 N–H and O–H groups in total. The topological polar surface area (TPSA) is 90.5 Å². The highest BCUT2D eigenvalue weighted by Gasteiger charge is 2.24. The van der Waals surface area contributed by atoms with Gasteiger partial charge in [-0.25, -0.2) is 8.42 Å². The average Bonchev–Trinajstić information content (AvgIpc) is 3.32. The summed E-state index contributed by atoms with van der Waals surface area (Å²) in [5.74, 6) is -0.380. The van der Waals surface area contributed by atoms with Crippen LogP contribution in [0.3, 0.4) is 0 Å². The van der Waals surface area contributed by atoms with E-state index in [2.05, 4.69) is 14.8 Å². The molecule has 138 valence electrons. The summed E-state index contributed by atoms with van der Waals surface area (Å²) in [6.45, 7) is 0. The lowest BCUT2D eigenvalue weighted by Crippen LogP contribution is -2.27. The van der Waals surface area contributed by atoms with Crippen LogP contribution in [0.5, 0.6) is 0 Å². The van der Waals surface area contributed by atoms with E-state index in [1.807, 2.05) is 16.6 Å². The molecule has 0 aliphatic carbocycles. The molecule has 10 heteroatoms. The largest absolute Gasteiger partial charge is 0.319 e. The molecule has 2 aliphatic heterocycles. The number of nitrogens with zero attached hydrogens (tertiary/aromatic N) is 1. The van der Waals surface area contributed by atoms with Gasteiger partial charge in [0, 0.05) is 12.4 Å². The number of carbonyl (C=O) groups is 1. The molecule has 7 nitrogen and oxygen atoms in total. The summed E-state index contributed by atoms with van der Waals surface area (Å²) in [5, 5.41) is 4.51. The maximum Gasteiger partial charge on any atom is 0.267 e. The van der Waals surface area contributed by atoms with Gasteiger partial charge in [-0.1, -0.05) is 18.2 Å². The minimum Gasteiger partial charge on any atom is -0.319 e. The molecule has 1 amide bonds. The summed E-state index contributed by atoms with van der Waals surface area (Å²) < 4.78 is 32.4. The Morgan fingerprint density at radius 2 is 1.96 bits per heavy atom. The summed E-state index contributed by atoms with van der Waals surface area (Å²) in [7, 11) is -3.77. The predicted octanol–water partition coefficient (Wildman–Crippen LogP) is 3.00. The van der Waals surface area contributed by atoms with Crippen molar-refractivity contribution in [2.75, 3.05) is 4.72 Å². The van der Waals surface area contributed by atoms with Crippen LogP contribution in [0.2, 0.25) is 0 Å². The molecule has 2 aromatic rings. The third-order valence-corrected chi connectivity index (χ3v) is 6.79. The molecule has 1 aromatic heterocycles. The molecular formula is C17H14N4O3S3. The van der Waals surface area contributed by atoms with E-state index < -0.39 is 10.0 Å². The Morgan fingerprint density at radius 1 is 1.15 bits per heavy atom. The van der Waals surface area contributed by atoms with Crippen molar-refractivity contribution in [3.8, 4) is 0 Å². The fourth-order valence-corrected chi connectivity index (χ4v) is 5.08. The van der Waals surface area contributed by atoms with E-state index in [0.29, 0.717) is 5.70 Å². The lowest BCUT2D eigenvalue weighted by atomic mass is 10.2. The molecule has 0 radical (unpaired) electrons. The van der Waals surface area contributed by atoms with E-state index in [-0.39, 0.29) is 21.4 Å². The monoisotopic (exact) mass is 418 g/mol. The molecule has 2 aliphatic rings. The Labute approximate surface area is 164 Å². The Hall–Kier alpha value is -2.69. The number of benzene rings is 1. The normalized spacial score (nSPS) is 15.5. The first-order chi connectivity index (χ1) is 13.0. The quantitative estimate of drug-likeness (QED) is 0.647. The van der Waals surface area contributed by atoms with Crippen LogP contribution in [0.1, 0.15) is 9.67 Å². The second-order valence-corrected chi connectivity index (χ2v) is 8.93. The second-order valence-electron chi connectivity index (χ2n) is 5.52.